The van der Waals surface area contributed by atoms with Crippen molar-refractivity contribution in [3.63, 3.8) is 0 Å². The SMILES string of the molecule is Cc1cn([C@H]2CC[C@@H](COC(=O)C(C)(C)C)O2)c(=O)[nH]c1=O. The molecular weight excluding hydrogens is 288 g/mol. The minimum absolute atomic E-state index is 0.170. The summed E-state index contributed by atoms with van der Waals surface area (Å²) in [6.07, 6.45) is 2.13. The number of nitrogens with zero attached hydrogens (tertiary/aromatic N) is 1. The summed E-state index contributed by atoms with van der Waals surface area (Å²) in [6, 6.07) is 0. The van der Waals surface area contributed by atoms with Crippen molar-refractivity contribution in [3.05, 3.63) is 32.6 Å². The molecule has 1 aliphatic rings. The maximum absolute atomic E-state index is 11.8. The van der Waals surface area contributed by atoms with Crippen LogP contribution in [0.3, 0.4) is 0 Å². The summed E-state index contributed by atoms with van der Waals surface area (Å²) >= 11 is 0. The van der Waals surface area contributed by atoms with Crippen molar-refractivity contribution in [3.8, 4) is 0 Å². The molecule has 1 N–H and O–H groups in total. The van der Waals surface area contributed by atoms with E-state index in [0.29, 0.717) is 18.4 Å². The van der Waals surface area contributed by atoms with E-state index in [9.17, 15) is 14.4 Å². The summed E-state index contributed by atoms with van der Waals surface area (Å²) < 4.78 is 12.4. The molecule has 7 nitrogen and oxygen atoms in total. The Balaban J connectivity index is 1.99. The van der Waals surface area contributed by atoms with Gasteiger partial charge in [-0.15, -0.1) is 0 Å². The summed E-state index contributed by atoms with van der Waals surface area (Å²) in [6.45, 7) is 7.17. The normalized spacial score (nSPS) is 21.8. The van der Waals surface area contributed by atoms with Crippen LogP contribution in [0.15, 0.2) is 15.8 Å². The van der Waals surface area contributed by atoms with E-state index in [1.807, 2.05) is 0 Å². The van der Waals surface area contributed by atoms with Crippen LogP contribution in [0.4, 0.5) is 0 Å². The van der Waals surface area contributed by atoms with Gasteiger partial charge in [0.1, 0.15) is 12.8 Å². The molecular formula is C15H22N2O5. The second-order valence-corrected chi connectivity index (χ2v) is 6.62. The van der Waals surface area contributed by atoms with Crippen LogP contribution < -0.4 is 11.2 Å². The maximum Gasteiger partial charge on any atom is 0.330 e. The van der Waals surface area contributed by atoms with E-state index in [-0.39, 0.29) is 18.7 Å². The zero-order valence-corrected chi connectivity index (χ0v) is 13.3. The van der Waals surface area contributed by atoms with E-state index < -0.39 is 22.9 Å². The molecule has 2 heterocycles. The Labute approximate surface area is 128 Å². The number of ether oxygens (including phenoxy) is 2. The fraction of sp³-hybridized carbons (Fsp3) is 0.667. The van der Waals surface area contributed by atoms with Crippen molar-refractivity contribution >= 4 is 5.97 Å². The molecule has 2 rings (SSSR count). The lowest BCUT2D eigenvalue weighted by Gasteiger charge is -2.19. The molecule has 0 amide bonds. The molecule has 122 valence electrons. The summed E-state index contributed by atoms with van der Waals surface area (Å²) in [7, 11) is 0. The van der Waals surface area contributed by atoms with Crippen LogP contribution in [0, 0.1) is 12.3 Å². The number of rotatable bonds is 3. The van der Waals surface area contributed by atoms with Crippen molar-refractivity contribution in [2.75, 3.05) is 6.61 Å². The Morgan fingerprint density at radius 2 is 2.09 bits per heavy atom. The highest BCUT2D eigenvalue weighted by Crippen LogP contribution is 2.27. The number of aromatic amines is 1. The van der Waals surface area contributed by atoms with Gasteiger partial charge < -0.3 is 9.47 Å². The van der Waals surface area contributed by atoms with Gasteiger partial charge in [-0.3, -0.25) is 19.1 Å². The maximum atomic E-state index is 11.8. The van der Waals surface area contributed by atoms with Crippen LogP contribution >= 0.6 is 0 Å². The van der Waals surface area contributed by atoms with E-state index in [1.165, 1.54) is 10.8 Å². The third-order valence-corrected chi connectivity index (χ3v) is 3.55. The molecule has 0 aromatic carbocycles. The van der Waals surface area contributed by atoms with Crippen LogP contribution in [0.1, 0.15) is 45.4 Å². The van der Waals surface area contributed by atoms with Crippen LogP contribution in [0.5, 0.6) is 0 Å². The fourth-order valence-electron chi connectivity index (χ4n) is 2.20. The van der Waals surface area contributed by atoms with Gasteiger partial charge in [0.25, 0.3) is 5.56 Å². The summed E-state index contributed by atoms with van der Waals surface area (Å²) in [5, 5.41) is 0. The molecule has 1 saturated heterocycles. The Morgan fingerprint density at radius 3 is 2.73 bits per heavy atom. The van der Waals surface area contributed by atoms with E-state index in [4.69, 9.17) is 9.47 Å². The number of aromatic nitrogens is 2. The van der Waals surface area contributed by atoms with Crippen LogP contribution in [0.2, 0.25) is 0 Å². The first-order valence-electron chi connectivity index (χ1n) is 7.33. The van der Waals surface area contributed by atoms with Gasteiger partial charge in [-0.1, -0.05) is 0 Å². The molecule has 2 atom stereocenters. The third-order valence-electron chi connectivity index (χ3n) is 3.55. The van der Waals surface area contributed by atoms with Crippen molar-refractivity contribution < 1.29 is 14.3 Å². The quantitative estimate of drug-likeness (QED) is 0.845. The standard InChI is InChI=1S/C15H22N2O5/c1-9-7-17(14(20)16-12(9)18)11-6-5-10(22-11)8-21-13(19)15(2,3)4/h7,10-11H,5-6,8H2,1-4H3,(H,16,18,20)/t10-,11+/m0/s1. The van der Waals surface area contributed by atoms with Gasteiger partial charge in [-0.25, -0.2) is 4.79 Å². The molecule has 0 aliphatic carbocycles. The Hall–Kier alpha value is -1.89. The topological polar surface area (TPSA) is 90.4 Å². The van der Waals surface area contributed by atoms with Gasteiger partial charge in [0.2, 0.25) is 0 Å². The highest BCUT2D eigenvalue weighted by atomic mass is 16.6. The minimum Gasteiger partial charge on any atom is -0.463 e. The van der Waals surface area contributed by atoms with Crippen LogP contribution in [-0.2, 0) is 14.3 Å². The Morgan fingerprint density at radius 1 is 1.41 bits per heavy atom. The molecule has 1 fully saturated rings. The minimum atomic E-state index is -0.551. The number of hydrogen-bond donors (Lipinski definition) is 1. The first kappa shape index (κ1) is 16.5. The van der Waals surface area contributed by atoms with Crippen LogP contribution in [0.25, 0.3) is 0 Å². The largest absolute Gasteiger partial charge is 0.463 e. The van der Waals surface area contributed by atoms with E-state index in [1.54, 1.807) is 27.7 Å². The lowest BCUT2D eigenvalue weighted by molar-refractivity contribution is -0.157. The van der Waals surface area contributed by atoms with Gasteiger partial charge in [0.15, 0.2) is 0 Å². The number of nitrogens with one attached hydrogen (secondary N) is 1. The second-order valence-electron chi connectivity index (χ2n) is 6.62. The summed E-state index contributed by atoms with van der Waals surface area (Å²) in [4.78, 5) is 37.2. The zero-order chi connectivity index (χ0) is 16.5. The lowest BCUT2D eigenvalue weighted by atomic mass is 9.97. The number of aryl methyl sites for hydroxylation is 1. The molecule has 0 spiro atoms. The molecule has 7 heteroatoms. The number of hydrogen-bond acceptors (Lipinski definition) is 5. The van der Waals surface area contributed by atoms with E-state index in [0.717, 1.165) is 0 Å². The average Bonchev–Trinajstić information content (AvgIpc) is 2.87. The van der Waals surface area contributed by atoms with Crippen LogP contribution in [-0.4, -0.2) is 28.2 Å². The van der Waals surface area contributed by atoms with Crippen molar-refractivity contribution in [2.24, 2.45) is 5.41 Å². The Bertz CT molecular complexity index is 668. The Kier molecular flexibility index (Phi) is 4.55. The van der Waals surface area contributed by atoms with Crippen molar-refractivity contribution in [2.45, 2.75) is 52.9 Å². The van der Waals surface area contributed by atoms with Gasteiger partial charge >= 0.3 is 11.7 Å². The molecule has 22 heavy (non-hydrogen) atoms. The molecule has 1 aliphatic heterocycles. The first-order chi connectivity index (χ1) is 10.2. The van der Waals surface area contributed by atoms with Crippen molar-refractivity contribution in [1.29, 1.82) is 0 Å². The smallest absolute Gasteiger partial charge is 0.330 e. The van der Waals surface area contributed by atoms with E-state index in [2.05, 4.69) is 4.98 Å². The fourth-order valence-corrected chi connectivity index (χ4v) is 2.20. The molecule has 1 aromatic rings. The summed E-state index contributed by atoms with van der Waals surface area (Å²) in [5.74, 6) is -0.281. The molecule has 0 bridgehead atoms. The van der Waals surface area contributed by atoms with E-state index >= 15 is 0 Å². The number of carbonyl (C=O) groups excluding carboxylic acids is 1. The monoisotopic (exact) mass is 310 g/mol. The highest BCUT2D eigenvalue weighted by Gasteiger charge is 2.30. The summed E-state index contributed by atoms with van der Waals surface area (Å²) in [5.41, 5.74) is -0.987. The average molecular weight is 310 g/mol. The van der Waals surface area contributed by atoms with Gasteiger partial charge in [-0.05, 0) is 40.5 Å². The molecule has 0 saturated carbocycles. The third kappa shape index (κ3) is 3.65. The predicted molar refractivity (Wildman–Crippen MR) is 79.6 cm³/mol. The van der Waals surface area contributed by atoms with Gasteiger partial charge in [0, 0.05) is 11.8 Å². The number of esters is 1. The zero-order valence-electron chi connectivity index (χ0n) is 13.3. The molecule has 0 unspecified atom stereocenters. The van der Waals surface area contributed by atoms with Gasteiger partial charge in [0.05, 0.1) is 11.5 Å². The number of carbonyl (C=O) groups is 1. The van der Waals surface area contributed by atoms with Crippen molar-refractivity contribution in [1.82, 2.24) is 9.55 Å². The first-order valence-corrected chi connectivity index (χ1v) is 7.33. The molecule has 1 aromatic heterocycles. The second kappa shape index (κ2) is 6.08. The predicted octanol–water partition coefficient (Wildman–Crippen LogP) is 1.11. The van der Waals surface area contributed by atoms with Gasteiger partial charge in [-0.2, -0.15) is 0 Å². The number of H-pyrrole nitrogens is 1. The highest BCUT2D eigenvalue weighted by molar-refractivity contribution is 5.75. The molecule has 0 radical (unpaired) electrons. The lowest BCUT2D eigenvalue weighted by Crippen LogP contribution is -2.33.